The Balaban J connectivity index is 2.11. The molecule has 0 N–H and O–H groups in total. The second kappa shape index (κ2) is 9.02. The number of allylic oxidation sites excluding steroid dienone is 4. The van der Waals surface area contributed by atoms with Crippen molar-refractivity contribution >= 4 is 15.8 Å². The summed E-state index contributed by atoms with van der Waals surface area (Å²) in [5.74, 6) is -0.503. The molecule has 8 heteroatoms. The van der Waals surface area contributed by atoms with Crippen LogP contribution in [0.5, 0.6) is 0 Å². The minimum absolute atomic E-state index is 0.0174. The van der Waals surface area contributed by atoms with Crippen molar-refractivity contribution in [1.29, 1.82) is 10.5 Å². The fourth-order valence-electron chi connectivity index (χ4n) is 4.23. The van der Waals surface area contributed by atoms with Gasteiger partial charge in [0.2, 0.25) is 9.84 Å². The average molecular weight is 452 g/mol. The third kappa shape index (κ3) is 4.61. The van der Waals surface area contributed by atoms with Gasteiger partial charge in [-0.15, -0.1) is 0 Å². The van der Waals surface area contributed by atoms with Gasteiger partial charge < -0.3 is 9.64 Å². The molecule has 0 spiro atoms. The van der Waals surface area contributed by atoms with Crippen molar-refractivity contribution < 1.29 is 17.9 Å². The molecule has 1 aromatic rings. The third-order valence-electron chi connectivity index (χ3n) is 5.68. The Bertz CT molecular complexity index is 1180. The molecule has 1 unspecified atom stereocenters. The first-order valence-electron chi connectivity index (χ1n) is 10.3. The summed E-state index contributed by atoms with van der Waals surface area (Å²) in [6.07, 6.45) is 2.20. The van der Waals surface area contributed by atoms with Crippen molar-refractivity contribution in [3.8, 4) is 12.1 Å². The monoisotopic (exact) mass is 451 g/mol. The third-order valence-corrected chi connectivity index (χ3v) is 7.45. The lowest BCUT2D eigenvalue weighted by Crippen LogP contribution is -2.32. The average Bonchev–Trinajstić information content (AvgIpc) is 3.22. The van der Waals surface area contributed by atoms with E-state index in [9.17, 15) is 23.7 Å². The number of hydrogen-bond acceptors (Lipinski definition) is 7. The number of ether oxygens (including phenoxy) is 1. The second-order valence-electron chi connectivity index (χ2n) is 8.68. The number of esters is 1. The van der Waals surface area contributed by atoms with Crippen LogP contribution in [-0.4, -0.2) is 38.5 Å². The molecule has 7 nitrogen and oxygen atoms in total. The summed E-state index contributed by atoms with van der Waals surface area (Å²) in [6.45, 7) is 8.34. The first-order valence-corrected chi connectivity index (χ1v) is 11.8. The van der Waals surface area contributed by atoms with Crippen LogP contribution >= 0.6 is 0 Å². The smallest absolute Gasteiger partial charge is 0.330 e. The minimum Gasteiger partial charge on any atom is -0.457 e. The lowest BCUT2D eigenvalue weighted by Gasteiger charge is -2.37. The number of benzene rings is 1. The predicted octanol–water partition coefficient (Wildman–Crippen LogP) is 3.64. The molecule has 0 saturated carbocycles. The highest BCUT2D eigenvalue weighted by molar-refractivity contribution is 7.95. The fourth-order valence-corrected chi connectivity index (χ4v) is 5.60. The summed E-state index contributed by atoms with van der Waals surface area (Å²) in [7, 11) is -4.09. The number of rotatable bonds is 5. The highest BCUT2D eigenvalue weighted by atomic mass is 32.2. The molecule has 3 rings (SSSR count). The summed E-state index contributed by atoms with van der Waals surface area (Å²) in [5.41, 5.74) is 0.787. The summed E-state index contributed by atoms with van der Waals surface area (Å²) in [4.78, 5) is 13.2. The van der Waals surface area contributed by atoms with Gasteiger partial charge in [0.25, 0.3) is 0 Å². The van der Waals surface area contributed by atoms with E-state index in [2.05, 4.69) is 12.6 Å². The highest BCUT2D eigenvalue weighted by Crippen LogP contribution is 2.45. The number of nitriles is 2. The number of nitrogens with zero attached hydrogens (tertiary/aromatic N) is 3. The molecule has 1 fully saturated rings. The number of hydrogen-bond donors (Lipinski definition) is 0. The van der Waals surface area contributed by atoms with Crippen LogP contribution in [0.2, 0.25) is 0 Å². The summed E-state index contributed by atoms with van der Waals surface area (Å²) in [6, 6.07) is 11.8. The van der Waals surface area contributed by atoms with E-state index in [0.29, 0.717) is 31.6 Å². The Hall–Kier alpha value is -3.36. The van der Waals surface area contributed by atoms with Gasteiger partial charge in [0.1, 0.15) is 18.2 Å². The molecule has 0 radical (unpaired) electrons. The van der Waals surface area contributed by atoms with E-state index in [-0.39, 0.29) is 38.9 Å². The lowest BCUT2D eigenvalue weighted by atomic mass is 9.73. The van der Waals surface area contributed by atoms with Gasteiger partial charge in [0.15, 0.2) is 4.91 Å². The topological polar surface area (TPSA) is 111 Å². The molecule has 166 valence electrons. The number of carbonyl (C=O) groups is 1. The van der Waals surface area contributed by atoms with Crippen LogP contribution in [0.4, 0.5) is 0 Å². The van der Waals surface area contributed by atoms with E-state index in [1.807, 2.05) is 24.8 Å². The number of sulfone groups is 1. The van der Waals surface area contributed by atoms with Crippen LogP contribution in [0.25, 0.3) is 0 Å². The first-order chi connectivity index (χ1) is 15.1. The van der Waals surface area contributed by atoms with Crippen molar-refractivity contribution in [1.82, 2.24) is 4.90 Å². The van der Waals surface area contributed by atoms with Gasteiger partial charge in [0, 0.05) is 30.3 Å². The maximum atomic E-state index is 13.3. The zero-order valence-corrected chi connectivity index (χ0v) is 19.0. The standard InChI is InChI=1S/C24H25N3O4S/c1-4-23(28)31-17-10-11-27(16-17)21-13-24(2,3)12-19(20(21)14-25)22(15-26)32(29,30)18-8-6-5-7-9-18/h4-9,17H,1,10-13,16H2,2-3H3/b22-19+. The van der Waals surface area contributed by atoms with E-state index in [4.69, 9.17) is 4.74 Å². The van der Waals surface area contributed by atoms with Gasteiger partial charge in [-0.2, -0.15) is 10.5 Å². The Kier molecular flexibility index (Phi) is 6.57. The number of likely N-dealkylation sites (tertiary alicyclic amines) is 1. The Morgan fingerprint density at radius 1 is 1.25 bits per heavy atom. The van der Waals surface area contributed by atoms with Gasteiger partial charge in [-0.1, -0.05) is 38.6 Å². The van der Waals surface area contributed by atoms with E-state index in [1.54, 1.807) is 18.2 Å². The molecular formula is C24H25N3O4S. The molecule has 0 bridgehead atoms. The van der Waals surface area contributed by atoms with Crippen molar-refractivity contribution in [2.24, 2.45) is 5.41 Å². The van der Waals surface area contributed by atoms with Crippen molar-refractivity contribution in [3.63, 3.8) is 0 Å². The second-order valence-corrected chi connectivity index (χ2v) is 10.6. The molecule has 1 aromatic carbocycles. The molecule has 0 aromatic heterocycles. The summed E-state index contributed by atoms with van der Waals surface area (Å²) in [5, 5.41) is 19.9. The SMILES string of the molecule is C=CC(=O)OC1CCN(C2=C(C#N)/C(=C(\C#N)S(=O)(=O)c3ccccc3)CC(C)(C)C2)C1. The molecule has 32 heavy (non-hydrogen) atoms. The zero-order chi connectivity index (χ0) is 23.5. The van der Waals surface area contributed by atoms with Gasteiger partial charge in [-0.3, -0.25) is 0 Å². The highest BCUT2D eigenvalue weighted by Gasteiger charge is 2.39. The molecule has 1 saturated heterocycles. The molecule has 0 amide bonds. The molecule has 1 heterocycles. The van der Waals surface area contributed by atoms with Crippen molar-refractivity contribution in [2.45, 2.75) is 44.1 Å². The van der Waals surface area contributed by atoms with E-state index >= 15 is 0 Å². The quantitative estimate of drug-likeness (QED) is 0.382. The summed E-state index contributed by atoms with van der Waals surface area (Å²) < 4.78 is 31.9. The van der Waals surface area contributed by atoms with Crippen LogP contribution in [0, 0.1) is 28.1 Å². The number of carbonyl (C=O) groups excluding carboxylic acids is 1. The van der Waals surface area contributed by atoms with Gasteiger partial charge >= 0.3 is 5.97 Å². The Labute approximate surface area is 188 Å². The first kappa shape index (κ1) is 23.3. The maximum Gasteiger partial charge on any atom is 0.330 e. The van der Waals surface area contributed by atoms with Crippen LogP contribution in [0.1, 0.15) is 33.1 Å². The minimum atomic E-state index is -4.09. The zero-order valence-electron chi connectivity index (χ0n) is 18.2. The van der Waals surface area contributed by atoms with Crippen molar-refractivity contribution in [3.05, 3.63) is 64.7 Å². The normalized spacial score (nSPS) is 22.0. The Morgan fingerprint density at radius 3 is 2.53 bits per heavy atom. The van der Waals surface area contributed by atoms with Gasteiger partial charge in [0.05, 0.1) is 17.0 Å². The van der Waals surface area contributed by atoms with E-state index < -0.39 is 15.8 Å². The van der Waals surface area contributed by atoms with Gasteiger partial charge in [-0.25, -0.2) is 13.2 Å². The van der Waals surface area contributed by atoms with Crippen LogP contribution in [0.15, 0.2) is 69.6 Å². The van der Waals surface area contributed by atoms with Gasteiger partial charge in [-0.05, 0) is 30.4 Å². The van der Waals surface area contributed by atoms with E-state index in [1.165, 1.54) is 12.1 Å². The molecule has 1 aliphatic carbocycles. The largest absolute Gasteiger partial charge is 0.457 e. The molecule has 1 aliphatic heterocycles. The van der Waals surface area contributed by atoms with Crippen LogP contribution in [0.3, 0.4) is 0 Å². The summed E-state index contributed by atoms with van der Waals surface area (Å²) >= 11 is 0. The molecule has 1 atom stereocenters. The van der Waals surface area contributed by atoms with E-state index in [0.717, 1.165) is 6.08 Å². The predicted molar refractivity (Wildman–Crippen MR) is 118 cm³/mol. The Morgan fingerprint density at radius 2 is 1.94 bits per heavy atom. The van der Waals surface area contributed by atoms with Crippen LogP contribution < -0.4 is 0 Å². The lowest BCUT2D eigenvalue weighted by molar-refractivity contribution is -0.142. The molecule has 2 aliphatic rings. The van der Waals surface area contributed by atoms with Crippen LogP contribution in [-0.2, 0) is 19.4 Å². The molecular weight excluding hydrogens is 426 g/mol. The maximum absolute atomic E-state index is 13.3. The van der Waals surface area contributed by atoms with Crippen molar-refractivity contribution in [2.75, 3.05) is 13.1 Å². The fraction of sp³-hybridized carbons (Fsp3) is 0.375.